The van der Waals surface area contributed by atoms with Gasteiger partial charge in [-0.25, -0.2) is 9.37 Å². The minimum Gasteiger partial charge on any atom is -0.347 e. The number of alkyl halides is 3. The van der Waals surface area contributed by atoms with Gasteiger partial charge in [0.25, 0.3) is 5.91 Å². The van der Waals surface area contributed by atoms with E-state index in [1.165, 1.54) is 41.1 Å². The van der Waals surface area contributed by atoms with Crippen molar-refractivity contribution in [3.8, 4) is 5.82 Å². The molecule has 3 rings (SSSR count). The third kappa shape index (κ3) is 4.11. The average Bonchev–Trinajstić information content (AvgIpc) is 3.09. The number of benzene rings is 1. The predicted molar refractivity (Wildman–Crippen MR) is 91.1 cm³/mol. The molecule has 27 heavy (non-hydrogen) atoms. The molecule has 2 aromatic heterocycles. The normalized spacial score (nSPS) is 11.4. The molecule has 1 amide bonds. The number of carbonyl (C=O) groups excluding carboxylic acids is 1. The number of hydrogen-bond donors (Lipinski definition) is 1. The lowest BCUT2D eigenvalue weighted by Gasteiger charge is -2.13. The van der Waals surface area contributed by atoms with Crippen molar-refractivity contribution in [2.75, 3.05) is 0 Å². The van der Waals surface area contributed by atoms with Crippen molar-refractivity contribution in [2.24, 2.45) is 0 Å². The highest BCUT2D eigenvalue weighted by molar-refractivity contribution is 6.32. The number of amides is 1. The summed E-state index contributed by atoms with van der Waals surface area (Å²) in [5.74, 6) is -1.03. The van der Waals surface area contributed by atoms with E-state index in [-0.39, 0.29) is 23.1 Å². The molecule has 0 spiro atoms. The van der Waals surface area contributed by atoms with Gasteiger partial charge in [-0.05, 0) is 24.3 Å². The molecule has 0 unspecified atom stereocenters. The van der Waals surface area contributed by atoms with E-state index in [2.05, 4.69) is 10.3 Å². The largest absolute Gasteiger partial charge is 0.417 e. The first kappa shape index (κ1) is 18.9. The Morgan fingerprint density at radius 1 is 1.19 bits per heavy atom. The van der Waals surface area contributed by atoms with Gasteiger partial charge in [-0.15, -0.1) is 0 Å². The van der Waals surface area contributed by atoms with Crippen LogP contribution in [0.25, 0.3) is 5.82 Å². The topological polar surface area (TPSA) is 46.9 Å². The fourth-order valence-corrected chi connectivity index (χ4v) is 2.68. The molecule has 0 aliphatic rings. The van der Waals surface area contributed by atoms with Gasteiger partial charge in [0.2, 0.25) is 0 Å². The van der Waals surface area contributed by atoms with E-state index in [1.807, 2.05) is 0 Å². The first-order valence-electron chi connectivity index (χ1n) is 7.69. The van der Waals surface area contributed by atoms with Crippen LogP contribution < -0.4 is 5.32 Å². The molecule has 3 aromatic rings. The van der Waals surface area contributed by atoms with Crippen LogP contribution in [0.2, 0.25) is 5.02 Å². The fraction of sp³-hybridized carbons (Fsp3) is 0.111. The molecule has 2 heterocycles. The standard InChI is InChI=1S/C18H12ClF4N3O/c19-13-8-12(18(21,22)23)10-24-16(13)26-7-3-6-15(26)17(27)25-9-11-4-1-2-5-14(11)20/h1-8,10H,9H2,(H,25,27). The monoisotopic (exact) mass is 397 g/mol. The SMILES string of the molecule is O=C(NCc1ccccc1F)c1cccn1-c1ncc(C(F)(F)F)cc1Cl. The highest BCUT2D eigenvalue weighted by Crippen LogP contribution is 2.32. The summed E-state index contributed by atoms with van der Waals surface area (Å²) >= 11 is 5.93. The number of halogens is 5. The number of rotatable bonds is 4. The van der Waals surface area contributed by atoms with Crippen LogP contribution in [-0.4, -0.2) is 15.5 Å². The molecule has 0 radical (unpaired) electrons. The Morgan fingerprint density at radius 2 is 1.93 bits per heavy atom. The number of nitrogens with zero attached hydrogens (tertiary/aromatic N) is 2. The molecular formula is C18H12ClF4N3O. The zero-order chi connectivity index (χ0) is 19.6. The quantitative estimate of drug-likeness (QED) is 0.653. The summed E-state index contributed by atoms with van der Waals surface area (Å²) in [5, 5.41) is 2.30. The maximum absolute atomic E-state index is 13.6. The Bertz CT molecular complexity index is 985. The van der Waals surface area contributed by atoms with Gasteiger partial charge in [-0.3, -0.25) is 9.36 Å². The third-order valence-electron chi connectivity index (χ3n) is 3.76. The lowest BCUT2D eigenvalue weighted by atomic mass is 10.2. The van der Waals surface area contributed by atoms with E-state index < -0.39 is 23.5 Å². The summed E-state index contributed by atoms with van der Waals surface area (Å²) in [6.07, 6.45) is -2.49. The number of carbonyl (C=O) groups is 1. The first-order chi connectivity index (χ1) is 12.8. The molecule has 1 N–H and O–H groups in total. The minimum atomic E-state index is -4.58. The highest BCUT2D eigenvalue weighted by atomic mass is 35.5. The van der Waals surface area contributed by atoms with Gasteiger partial charge in [0.1, 0.15) is 11.5 Å². The van der Waals surface area contributed by atoms with Crippen molar-refractivity contribution >= 4 is 17.5 Å². The van der Waals surface area contributed by atoms with Crippen LogP contribution >= 0.6 is 11.6 Å². The van der Waals surface area contributed by atoms with E-state index in [9.17, 15) is 22.4 Å². The Morgan fingerprint density at radius 3 is 2.59 bits per heavy atom. The maximum Gasteiger partial charge on any atom is 0.417 e. The average molecular weight is 398 g/mol. The molecule has 0 atom stereocenters. The lowest BCUT2D eigenvalue weighted by molar-refractivity contribution is -0.137. The van der Waals surface area contributed by atoms with E-state index in [4.69, 9.17) is 11.6 Å². The van der Waals surface area contributed by atoms with Crippen molar-refractivity contribution in [2.45, 2.75) is 12.7 Å². The van der Waals surface area contributed by atoms with Gasteiger partial charge in [0.05, 0.1) is 10.6 Å². The smallest absolute Gasteiger partial charge is 0.347 e. The number of hydrogen-bond acceptors (Lipinski definition) is 2. The Balaban J connectivity index is 1.84. The molecule has 0 saturated heterocycles. The zero-order valence-electron chi connectivity index (χ0n) is 13.6. The van der Waals surface area contributed by atoms with Crippen LogP contribution in [0, 0.1) is 5.82 Å². The lowest BCUT2D eigenvalue weighted by Crippen LogP contribution is -2.25. The second-order valence-electron chi connectivity index (χ2n) is 5.56. The van der Waals surface area contributed by atoms with Gasteiger partial charge in [0.15, 0.2) is 5.82 Å². The van der Waals surface area contributed by atoms with E-state index in [0.29, 0.717) is 11.8 Å². The van der Waals surface area contributed by atoms with Gasteiger partial charge in [-0.2, -0.15) is 13.2 Å². The second-order valence-corrected chi connectivity index (χ2v) is 5.97. The van der Waals surface area contributed by atoms with Gasteiger partial charge in [-0.1, -0.05) is 29.8 Å². The number of pyridine rings is 1. The van der Waals surface area contributed by atoms with Crippen molar-refractivity contribution in [3.63, 3.8) is 0 Å². The van der Waals surface area contributed by atoms with Crippen LogP contribution in [0.5, 0.6) is 0 Å². The molecule has 1 aromatic carbocycles. The van der Waals surface area contributed by atoms with Crippen LogP contribution in [0.3, 0.4) is 0 Å². The van der Waals surface area contributed by atoms with Crippen LogP contribution in [-0.2, 0) is 12.7 Å². The Hall–Kier alpha value is -2.87. The van der Waals surface area contributed by atoms with Crippen molar-refractivity contribution in [3.05, 3.63) is 82.5 Å². The molecule has 9 heteroatoms. The maximum atomic E-state index is 13.6. The van der Waals surface area contributed by atoms with Crippen LogP contribution in [0.15, 0.2) is 54.9 Å². The summed E-state index contributed by atoms with van der Waals surface area (Å²) in [6, 6.07) is 9.69. The number of aromatic nitrogens is 2. The fourth-order valence-electron chi connectivity index (χ4n) is 2.42. The minimum absolute atomic E-state index is 0.0225. The molecule has 0 fully saturated rings. The third-order valence-corrected chi connectivity index (χ3v) is 4.03. The molecular weight excluding hydrogens is 386 g/mol. The molecule has 0 bridgehead atoms. The van der Waals surface area contributed by atoms with Gasteiger partial charge < -0.3 is 5.32 Å². The second kappa shape index (κ2) is 7.40. The van der Waals surface area contributed by atoms with E-state index >= 15 is 0 Å². The first-order valence-corrected chi connectivity index (χ1v) is 8.07. The Labute approximate surface area is 156 Å². The Kier molecular flexibility index (Phi) is 5.18. The van der Waals surface area contributed by atoms with E-state index in [1.54, 1.807) is 6.07 Å². The molecule has 140 valence electrons. The summed E-state index contributed by atoms with van der Waals surface area (Å²) in [4.78, 5) is 16.2. The number of nitrogens with one attached hydrogen (secondary N) is 1. The molecule has 0 saturated carbocycles. The highest BCUT2D eigenvalue weighted by Gasteiger charge is 2.32. The molecule has 4 nitrogen and oxygen atoms in total. The van der Waals surface area contributed by atoms with Gasteiger partial charge >= 0.3 is 6.18 Å². The zero-order valence-corrected chi connectivity index (χ0v) is 14.4. The van der Waals surface area contributed by atoms with Crippen molar-refractivity contribution in [1.82, 2.24) is 14.9 Å². The summed E-state index contributed by atoms with van der Waals surface area (Å²) in [7, 11) is 0. The van der Waals surface area contributed by atoms with Crippen LogP contribution in [0.4, 0.5) is 17.6 Å². The molecule has 0 aliphatic carbocycles. The van der Waals surface area contributed by atoms with Crippen molar-refractivity contribution < 1.29 is 22.4 Å². The molecule has 0 aliphatic heterocycles. The summed E-state index contributed by atoms with van der Waals surface area (Å²) in [5.41, 5.74) is -0.593. The predicted octanol–water partition coefficient (Wildman–Crippen LogP) is 4.61. The summed E-state index contributed by atoms with van der Waals surface area (Å²) in [6.45, 7) is -0.0507. The van der Waals surface area contributed by atoms with Crippen LogP contribution in [0.1, 0.15) is 21.6 Å². The van der Waals surface area contributed by atoms with Gasteiger partial charge in [0, 0.05) is 24.5 Å². The summed E-state index contributed by atoms with van der Waals surface area (Å²) < 4.78 is 53.1. The van der Waals surface area contributed by atoms with E-state index in [0.717, 1.165) is 6.07 Å². The van der Waals surface area contributed by atoms with Crippen molar-refractivity contribution in [1.29, 1.82) is 0 Å².